The van der Waals surface area contributed by atoms with Crippen LogP contribution in [0.3, 0.4) is 0 Å². The second-order valence-corrected chi connectivity index (χ2v) is 3.46. The number of methoxy groups -OCH3 is 1. The first-order valence-electron chi connectivity index (χ1n) is 3.80. The van der Waals surface area contributed by atoms with E-state index in [-0.39, 0.29) is 5.69 Å². The number of rotatable bonds is 1. The summed E-state index contributed by atoms with van der Waals surface area (Å²) in [6, 6.07) is 0. The lowest BCUT2D eigenvalue weighted by Gasteiger charge is -1.96. The maximum absolute atomic E-state index is 11.3. The average molecular weight is 256 g/mol. The number of aromatic nitrogens is 3. The highest BCUT2D eigenvalue weighted by Gasteiger charge is 2.16. The van der Waals surface area contributed by atoms with Crippen molar-refractivity contribution in [3.63, 3.8) is 0 Å². The molecule has 0 bridgehead atoms. The van der Waals surface area contributed by atoms with Crippen molar-refractivity contribution in [2.75, 3.05) is 7.11 Å². The topological polar surface area (TPSA) is 67.9 Å². The number of nitrogens with zero attached hydrogens (tertiary/aromatic N) is 2. The van der Waals surface area contributed by atoms with Gasteiger partial charge in [0, 0.05) is 10.7 Å². The Balaban J connectivity index is 2.73. The summed E-state index contributed by atoms with van der Waals surface area (Å²) in [5.41, 5.74) is 0.955. The number of nitrogens with one attached hydrogen (secondary N) is 1. The number of carbonyl (C=O) groups is 1. The quantitative estimate of drug-likeness (QED) is 0.785. The maximum Gasteiger partial charge on any atom is 0.359 e. The molecule has 1 N–H and O–H groups in total. The molecule has 2 aromatic heterocycles. The number of hydrogen-bond donors (Lipinski definition) is 1. The van der Waals surface area contributed by atoms with Crippen LogP contribution in [0.15, 0.2) is 16.9 Å². The number of hydrogen-bond acceptors (Lipinski definition) is 4. The van der Waals surface area contributed by atoms with Crippen molar-refractivity contribution in [1.29, 1.82) is 0 Å². The van der Waals surface area contributed by atoms with Crippen LogP contribution >= 0.6 is 15.9 Å². The van der Waals surface area contributed by atoms with Crippen molar-refractivity contribution >= 4 is 32.8 Å². The Labute approximate surface area is 87.6 Å². The number of aromatic amines is 1. The van der Waals surface area contributed by atoms with Gasteiger partial charge in [-0.05, 0) is 15.9 Å². The molecule has 6 heteroatoms. The fourth-order valence-electron chi connectivity index (χ4n) is 1.18. The third kappa shape index (κ3) is 1.27. The molecule has 2 heterocycles. The predicted molar refractivity (Wildman–Crippen MR) is 52.9 cm³/mol. The molecule has 14 heavy (non-hydrogen) atoms. The lowest BCUT2D eigenvalue weighted by molar-refractivity contribution is 0.0596. The van der Waals surface area contributed by atoms with Crippen LogP contribution in [0.2, 0.25) is 0 Å². The molecule has 0 amide bonds. The predicted octanol–water partition coefficient (Wildman–Crippen LogP) is 1.51. The summed E-state index contributed by atoms with van der Waals surface area (Å²) in [6.07, 6.45) is 3.20. The van der Waals surface area contributed by atoms with Gasteiger partial charge in [0.2, 0.25) is 0 Å². The molecule has 2 aromatic rings. The molecule has 0 unspecified atom stereocenters. The van der Waals surface area contributed by atoms with E-state index in [1.54, 1.807) is 12.4 Å². The molecule has 0 aromatic carbocycles. The van der Waals surface area contributed by atoms with Gasteiger partial charge in [-0.3, -0.25) is 10.1 Å². The Kier molecular flexibility index (Phi) is 2.20. The molecule has 0 saturated heterocycles. The van der Waals surface area contributed by atoms with Crippen molar-refractivity contribution in [3.8, 4) is 0 Å². The first-order chi connectivity index (χ1) is 6.74. The smallest absolute Gasteiger partial charge is 0.359 e. The zero-order valence-electron chi connectivity index (χ0n) is 7.24. The number of halogens is 1. The summed E-state index contributed by atoms with van der Waals surface area (Å²) in [6.45, 7) is 0. The summed E-state index contributed by atoms with van der Waals surface area (Å²) < 4.78 is 5.31. The van der Waals surface area contributed by atoms with Crippen LogP contribution < -0.4 is 0 Å². The minimum absolute atomic E-state index is 0.261. The average Bonchev–Trinajstić information content (AvgIpc) is 2.62. The molecular formula is C8H6BrN3O2. The van der Waals surface area contributed by atoms with Gasteiger partial charge in [-0.2, -0.15) is 5.10 Å². The Bertz CT molecular complexity index is 494. The fourth-order valence-corrected chi connectivity index (χ4v) is 1.70. The molecule has 2 rings (SSSR count). The summed E-state index contributed by atoms with van der Waals surface area (Å²) in [5, 5.41) is 7.25. The molecule has 0 aliphatic heterocycles. The third-order valence-electron chi connectivity index (χ3n) is 1.80. The SMILES string of the molecule is COC(=O)c1n[nH]c2cncc(Br)c12. The van der Waals surface area contributed by atoms with Crippen molar-refractivity contribution in [1.82, 2.24) is 15.2 Å². The van der Waals surface area contributed by atoms with E-state index in [2.05, 4.69) is 35.8 Å². The van der Waals surface area contributed by atoms with Crippen LogP contribution in [0, 0.1) is 0 Å². The summed E-state index contributed by atoms with van der Waals surface area (Å²) >= 11 is 3.29. The van der Waals surface area contributed by atoms with E-state index in [1.165, 1.54) is 7.11 Å². The molecule has 0 atom stereocenters. The number of ether oxygens (including phenoxy) is 1. The number of carbonyl (C=O) groups excluding carboxylic acids is 1. The van der Waals surface area contributed by atoms with Crippen LogP contribution in [0.1, 0.15) is 10.5 Å². The van der Waals surface area contributed by atoms with Gasteiger partial charge in [0.1, 0.15) is 0 Å². The highest BCUT2D eigenvalue weighted by atomic mass is 79.9. The second kappa shape index (κ2) is 3.38. The van der Waals surface area contributed by atoms with E-state index in [9.17, 15) is 4.79 Å². The van der Waals surface area contributed by atoms with Crippen LogP contribution in [0.4, 0.5) is 0 Å². The van der Waals surface area contributed by atoms with E-state index in [4.69, 9.17) is 0 Å². The monoisotopic (exact) mass is 255 g/mol. The van der Waals surface area contributed by atoms with Gasteiger partial charge in [0.25, 0.3) is 0 Å². The van der Waals surface area contributed by atoms with Crippen molar-refractivity contribution in [2.45, 2.75) is 0 Å². The van der Waals surface area contributed by atoms with Crippen LogP contribution in [0.25, 0.3) is 10.9 Å². The Morgan fingerprint density at radius 3 is 3.07 bits per heavy atom. The number of esters is 1. The molecule has 0 spiro atoms. The summed E-state index contributed by atoms with van der Waals surface area (Å²) in [4.78, 5) is 15.2. The molecular weight excluding hydrogens is 250 g/mol. The van der Waals surface area contributed by atoms with Crippen LogP contribution in [-0.2, 0) is 4.74 Å². The van der Waals surface area contributed by atoms with Crippen LogP contribution in [0.5, 0.6) is 0 Å². The zero-order chi connectivity index (χ0) is 10.1. The molecule has 72 valence electrons. The van der Waals surface area contributed by atoms with E-state index in [0.717, 1.165) is 0 Å². The molecule has 0 fully saturated rings. The van der Waals surface area contributed by atoms with E-state index < -0.39 is 5.97 Å². The molecule has 5 nitrogen and oxygen atoms in total. The third-order valence-corrected chi connectivity index (χ3v) is 2.40. The Morgan fingerprint density at radius 2 is 2.36 bits per heavy atom. The highest BCUT2D eigenvalue weighted by molar-refractivity contribution is 9.10. The lowest BCUT2D eigenvalue weighted by Crippen LogP contribution is -2.02. The molecule has 0 radical (unpaired) electrons. The van der Waals surface area contributed by atoms with E-state index >= 15 is 0 Å². The molecule has 0 aliphatic carbocycles. The number of fused-ring (bicyclic) bond motifs is 1. The van der Waals surface area contributed by atoms with Crippen molar-refractivity contribution < 1.29 is 9.53 Å². The number of H-pyrrole nitrogens is 1. The zero-order valence-corrected chi connectivity index (χ0v) is 8.83. The van der Waals surface area contributed by atoms with E-state index in [1.807, 2.05) is 0 Å². The van der Waals surface area contributed by atoms with Gasteiger partial charge in [0.05, 0.1) is 24.2 Å². The maximum atomic E-state index is 11.3. The molecule has 0 saturated carbocycles. The largest absolute Gasteiger partial charge is 0.464 e. The normalized spacial score (nSPS) is 10.4. The Hall–Kier alpha value is -1.43. The van der Waals surface area contributed by atoms with Gasteiger partial charge < -0.3 is 4.74 Å². The lowest BCUT2D eigenvalue weighted by atomic mass is 10.2. The summed E-state index contributed by atoms with van der Waals surface area (Å²) in [7, 11) is 1.32. The van der Waals surface area contributed by atoms with Crippen molar-refractivity contribution in [2.24, 2.45) is 0 Å². The first kappa shape index (κ1) is 9.14. The minimum atomic E-state index is -0.469. The van der Waals surface area contributed by atoms with Gasteiger partial charge in [0.15, 0.2) is 5.69 Å². The van der Waals surface area contributed by atoms with Gasteiger partial charge in [-0.1, -0.05) is 0 Å². The Morgan fingerprint density at radius 1 is 1.57 bits per heavy atom. The second-order valence-electron chi connectivity index (χ2n) is 2.61. The van der Waals surface area contributed by atoms with Gasteiger partial charge in [-0.15, -0.1) is 0 Å². The highest BCUT2D eigenvalue weighted by Crippen LogP contribution is 2.24. The van der Waals surface area contributed by atoms with Gasteiger partial charge >= 0.3 is 5.97 Å². The summed E-state index contributed by atoms with van der Waals surface area (Å²) in [5.74, 6) is -0.469. The van der Waals surface area contributed by atoms with E-state index in [0.29, 0.717) is 15.4 Å². The number of pyridine rings is 1. The fraction of sp³-hybridized carbons (Fsp3) is 0.125. The first-order valence-corrected chi connectivity index (χ1v) is 4.59. The van der Waals surface area contributed by atoms with Crippen molar-refractivity contribution in [3.05, 3.63) is 22.6 Å². The molecule has 0 aliphatic rings. The van der Waals surface area contributed by atoms with Crippen LogP contribution in [-0.4, -0.2) is 28.3 Å². The standard InChI is InChI=1S/C8H6BrN3O2/c1-14-8(13)7-6-4(9)2-10-3-5(6)11-12-7/h2-3H,1H3,(H,11,12). The minimum Gasteiger partial charge on any atom is -0.464 e. The van der Waals surface area contributed by atoms with Gasteiger partial charge in [-0.25, -0.2) is 4.79 Å².